The second kappa shape index (κ2) is 6.93. The van der Waals surface area contributed by atoms with Crippen LogP contribution in [0, 0.1) is 6.92 Å². The van der Waals surface area contributed by atoms with Crippen molar-refractivity contribution >= 4 is 22.3 Å². The van der Waals surface area contributed by atoms with E-state index in [2.05, 4.69) is 36.2 Å². The van der Waals surface area contributed by atoms with Crippen molar-refractivity contribution in [2.24, 2.45) is 7.05 Å². The molecule has 0 aromatic carbocycles. The fourth-order valence-corrected chi connectivity index (χ4v) is 4.01. The van der Waals surface area contributed by atoms with Crippen molar-refractivity contribution in [3.63, 3.8) is 0 Å². The molecule has 1 aliphatic rings. The summed E-state index contributed by atoms with van der Waals surface area (Å²) in [7, 11) is 2.05. The summed E-state index contributed by atoms with van der Waals surface area (Å²) >= 11 is 1.64. The molecule has 25 heavy (non-hydrogen) atoms. The first-order chi connectivity index (χ1) is 12.2. The summed E-state index contributed by atoms with van der Waals surface area (Å²) in [4.78, 5) is 15.9. The lowest BCUT2D eigenvalue weighted by Crippen LogP contribution is -2.24. The fourth-order valence-electron chi connectivity index (χ4n) is 3.24. The Balaban J connectivity index is 1.47. The third kappa shape index (κ3) is 3.57. The zero-order chi connectivity index (χ0) is 17.2. The number of imidazole rings is 1. The van der Waals surface area contributed by atoms with Crippen LogP contribution in [0.15, 0.2) is 36.2 Å². The lowest BCUT2D eigenvalue weighted by molar-refractivity contribution is 0.240. The van der Waals surface area contributed by atoms with Gasteiger partial charge in [0.15, 0.2) is 5.13 Å². The van der Waals surface area contributed by atoms with E-state index in [1.165, 1.54) is 12.1 Å². The first-order valence-corrected chi connectivity index (χ1v) is 9.41. The van der Waals surface area contributed by atoms with Crippen LogP contribution in [0.5, 0.6) is 0 Å². The third-order valence-corrected chi connectivity index (χ3v) is 5.43. The molecule has 0 spiro atoms. The van der Waals surface area contributed by atoms with E-state index in [0.717, 1.165) is 41.7 Å². The topological polar surface area (TPSA) is 58.9 Å². The molecule has 1 fully saturated rings. The Kier molecular flexibility index (Phi) is 4.50. The van der Waals surface area contributed by atoms with Gasteiger partial charge in [-0.3, -0.25) is 4.90 Å². The summed E-state index contributed by atoms with van der Waals surface area (Å²) in [5, 5.41) is 6.38. The van der Waals surface area contributed by atoms with E-state index in [1.54, 1.807) is 11.3 Å². The normalized spacial score (nSPS) is 17.9. The van der Waals surface area contributed by atoms with Crippen molar-refractivity contribution in [1.29, 1.82) is 0 Å². The van der Waals surface area contributed by atoms with Crippen LogP contribution < -0.4 is 5.32 Å². The van der Waals surface area contributed by atoms with Crippen molar-refractivity contribution in [2.45, 2.75) is 32.4 Å². The number of nitrogens with one attached hydrogen (secondary N) is 1. The molecule has 7 heteroatoms. The van der Waals surface area contributed by atoms with E-state index < -0.39 is 0 Å². The molecule has 0 amide bonds. The number of aromatic nitrogens is 4. The first-order valence-electron chi connectivity index (χ1n) is 8.53. The Morgan fingerprint density at radius 1 is 1.32 bits per heavy atom. The van der Waals surface area contributed by atoms with Crippen LogP contribution in [0.2, 0.25) is 0 Å². The molecule has 1 N–H and O–H groups in total. The van der Waals surface area contributed by atoms with Gasteiger partial charge in [-0.2, -0.15) is 0 Å². The molecule has 1 aliphatic heterocycles. The van der Waals surface area contributed by atoms with Gasteiger partial charge in [0.2, 0.25) is 0 Å². The standard InChI is InChI=1S/C18H22N6S/c1-13-5-6-17(20-8-13)22-18-21-15(11-25-18)16-4-3-7-24(16)10-14-9-19-12-23(14)2/h5-6,8-9,11-12,16H,3-4,7,10H2,1-2H3,(H,20,21,22). The Morgan fingerprint density at radius 3 is 3.00 bits per heavy atom. The van der Waals surface area contributed by atoms with Crippen LogP contribution in [0.3, 0.4) is 0 Å². The average Bonchev–Trinajstić information content (AvgIpc) is 3.33. The maximum Gasteiger partial charge on any atom is 0.188 e. The molecule has 0 radical (unpaired) electrons. The van der Waals surface area contributed by atoms with Crippen molar-refractivity contribution in [1.82, 2.24) is 24.4 Å². The average molecular weight is 354 g/mol. The van der Waals surface area contributed by atoms with Gasteiger partial charge in [0, 0.05) is 31.4 Å². The maximum absolute atomic E-state index is 4.82. The minimum atomic E-state index is 0.382. The van der Waals surface area contributed by atoms with Gasteiger partial charge < -0.3 is 9.88 Å². The highest BCUT2D eigenvalue weighted by Gasteiger charge is 2.28. The highest BCUT2D eigenvalue weighted by Crippen LogP contribution is 2.35. The second-order valence-electron chi connectivity index (χ2n) is 6.55. The first kappa shape index (κ1) is 16.2. The van der Waals surface area contributed by atoms with E-state index in [1.807, 2.05) is 38.8 Å². The Hall–Kier alpha value is -2.25. The fraction of sp³-hybridized carbons (Fsp3) is 0.389. The zero-order valence-corrected chi connectivity index (χ0v) is 15.3. The Morgan fingerprint density at radius 2 is 2.24 bits per heavy atom. The van der Waals surface area contributed by atoms with Crippen molar-refractivity contribution in [3.05, 3.63) is 53.2 Å². The van der Waals surface area contributed by atoms with E-state index in [9.17, 15) is 0 Å². The Bertz CT molecular complexity index is 837. The van der Waals surface area contributed by atoms with Crippen LogP contribution in [0.4, 0.5) is 10.9 Å². The van der Waals surface area contributed by atoms with Crippen molar-refractivity contribution in [3.8, 4) is 0 Å². The summed E-state index contributed by atoms with van der Waals surface area (Å²) in [5.74, 6) is 0.838. The molecule has 4 heterocycles. The van der Waals surface area contributed by atoms with Crippen LogP contribution in [-0.2, 0) is 13.6 Å². The number of aryl methyl sites for hydroxylation is 2. The molecule has 3 aromatic heterocycles. The van der Waals surface area contributed by atoms with Crippen molar-refractivity contribution < 1.29 is 0 Å². The predicted molar refractivity (Wildman–Crippen MR) is 100.0 cm³/mol. The highest BCUT2D eigenvalue weighted by molar-refractivity contribution is 7.13. The minimum absolute atomic E-state index is 0.382. The summed E-state index contributed by atoms with van der Waals surface area (Å²) in [6.07, 6.45) is 8.04. The van der Waals surface area contributed by atoms with E-state index in [4.69, 9.17) is 4.98 Å². The van der Waals surface area contributed by atoms with Gasteiger partial charge in [-0.05, 0) is 37.9 Å². The number of anilines is 2. The maximum atomic E-state index is 4.82. The quantitative estimate of drug-likeness (QED) is 0.758. The number of rotatable bonds is 5. The molecular formula is C18H22N6S. The number of pyridine rings is 1. The lowest BCUT2D eigenvalue weighted by atomic mass is 10.1. The van der Waals surface area contributed by atoms with Crippen molar-refractivity contribution in [2.75, 3.05) is 11.9 Å². The molecule has 1 saturated heterocycles. The van der Waals surface area contributed by atoms with E-state index in [-0.39, 0.29) is 0 Å². The number of hydrogen-bond donors (Lipinski definition) is 1. The van der Waals surface area contributed by atoms with E-state index >= 15 is 0 Å². The third-order valence-electron chi connectivity index (χ3n) is 4.65. The van der Waals surface area contributed by atoms with Crippen LogP contribution in [-0.4, -0.2) is 31.0 Å². The molecule has 6 nitrogen and oxygen atoms in total. The van der Waals surface area contributed by atoms with Crippen LogP contribution in [0.25, 0.3) is 0 Å². The summed E-state index contributed by atoms with van der Waals surface area (Å²) in [6.45, 7) is 4.06. The highest BCUT2D eigenvalue weighted by atomic mass is 32.1. The van der Waals surface area contributed by atoms with Gasteiger partial charge in [0.1, 0.15) is 5.82 Å². The number of hydrogen-bond acceptors (Lipinski definition) is 6. The van der Waals surface area contributed by atoms with Gasteiger partial charge in [-0.1, -0.05) is 6.07 Å². The summed E-state index contributed by atoms with van der Waals surface area (Å²) in [5.41, 5.74) is 3.55. The van der Waals surface area contributed by atoms with Gasteiger partial charge in [0.05, 0.1) is 23.8 Å². The lowest BCUT2D eigenvalue weighted by Gasteiger charge is -2.23. The monoisotopic (exact) mass is 354 g/mol. The van der Waals surface area contributed by atoms with Gasteiger partial charge >= 0.3 is 0 Å². The zero-order valence-electron chi connectivity index (χ0n) is 14.5. The van der Waals surface area contributed by atoms with Crippen LogP contribution >= 0.6 is 11.3 Å². The van der Waals surface area contributed by atoms with Gasteiger partial charge in [0.25, 0.3) is 0 Å². The molecule has 130 valence electrons. The smallest absolute Gasteiger partial charge is 0.188 e. The van der Waals surface area contributed by atoms with Gasteiger partial charge in [-0.15, -0.1) is 11.3 Å². The minimum Gasteiger partial charge on any atom is -0.337 e. The Labute approximate surface area is 151 Å². The molecule has 0 saturated carbocycles. The molecule has 0 aliphatic carbocycles. The molecular weight excluding hydrogens is 332 g/mol. The molecule has 4 rings (SSSR count). The molecule has 1 atom stereocenters. The summed E-state index contributed by atoms with van der Waals surface area (Å²) < 4.78 is 2.09. The number of nitrogens with zero attached hydrogens (tertiary/aromatic N) is 5. The number of thiazole rings is 1. The SMILES string of the molecule is Cc1ccc(Nc2nc(C3CCCN3Cc3cncn3C)cs2)nc1. The molecule has 0 bridgehead atoms. The second-order valence-corrected chi connectivity index (χ2v) is 7.41. The van der Waals surface area contributed by atoms with Gasteiger partial charge in [-0.25, -0.2) is 15.0 Å². The largest absolute Gasteiger partial charge is 0.337 e. The summed E-state index contributed by atoms with van der Waals surface area (Å²) in [6, 6.07) is 4.42. The number of likely N-dealkylation sites (tertiary alicyclic amines) is 1. The molecule has 1 unspecified atom stereocenters. The molecule has 3 aromatic rings. The van der Waals surface area contributed by atoms with Crippen LogP contribution in [0.1, 0.15) is 35.8 Å². The van der Waals surface area contributed by atoms with E-state index in [0.29, 0.717) is 6.04 Å². The predicted octanol–water partition coefficient (Wildman–Crippen LogP) is 3.66.